The number of rotatable bonds is 3. The summed E-state index contributed by atoms with van der Waals surface area (Å²) in [5.41, 5.74) is 23.1. The van der Waals surface area contributed by atoms with Crippen molar-refractivity contribution in [1.29, 1.82) is 0 Å². The third kappa shape index (κ3) is 6.14. The van der Waals surface area contributed by atoms with Crippen molar-refractivity contribution < 1.29 is 0 Å². The smallest absolute Gasteiger partial charge is 0.000740 e. The zero-order valence-electron chi connectivity index (χ0n) is 39.0. The van der Waals surface area contributed by atoms with Gasteiger partial charge in [-0.1, -0.05) is 200 Å². The van der Waals surface area contributed by atoms with Crippen molar-refractivity contribution in [3.05, 3.63) is 143 Å². The third-order valence-electron chi connectivity index (χ3n) is 14.1. The summed E-state index contributed by atoms with van der Waals surface area (Å²) in [7, 11) is 0. The van der Waals surface area contributed by atoms with Crippen molar-refractivity contribution in [1.82, 2.24) is 0 Å². The van der Waals surface area contributed by atoms with E-state index in [4.69, 9.17) is 0 Å². The van der Waals surface area contributed by atoms with Gasteiger partial charge in [-0.25, -0.2) is 0 Å². The SMILES string of the molecule is CC(C)c1ccc2c(c1)-c1ccc3c4c(ccc-2c14)-c1c-3c(-c2cc(C(C)(C)C)cc(C(C)(C)C)c2)c2cc3ccccc3cc2c1-c1cc(C(C)(C)C)cc(C(C)(C)C)c1. The number of fused-ring (bicyclic) bond motifs is 8. The molecule has 0 bridgehead atoms. The van der Waals surface area contributed by atoms with Gasteiger partial charge < -0.3 is 0 Å². The van der Waals surface area contributed by atoms with Gasteiger partial charge in [-0.15, -0.1) is 0 Å². The Hall–Kier alpha value is -5.46. The first-order chi connectivity index (χ1) is 28.6. The average Bonchev–Trinajstić information content (AvgIpc) is 3.69. The van der Waals surface area contributed by atoms with Crippen LogP contribution < -0.4 is 0 Å². The van der Waals surface area contributed by atoms with E-state index in [-0.39, 0.29) is 21.7 Å². The summed E-state index contributed by atoms with van der Waals surface area (Å²) in [5, 5.41) is 8.00. The molecule has 0 saturated carbocycles. The lowest BCUT2D eigenvalue weighted by atomic mass is 9.75. The van der Waals surface area contributed by atoms with Crippen molar-refractivity contribution in [3.63, 3.8) is 0 Å². The zero-order chi connectivity index (χ0) is 43.3. The van der Waals surface area contributed by atoms with Gasteiger partial charge >= 0.3 is 0 Å². The predicted molar refractivity (Wildman–Crippen MR) is 268 cm³/mol. The molecule has 8 aromatic carbocycles. The minimum Gasteiger partial charge on any atom is -0.0616 e. The highest BCUT2D eigenvalue weighted by Crippen LogP contribution is 2.62. The molecule has 0 aromatic heterocycles. The standard InChI is InChI=1S/C61H62/c1-34(2)35-19-20-44-45-21-23-47-55-48(24-22-46(54(45)55)49(44)29-35)57-53(39-27-42(60(9,10)11)33-43(28-39)61(12,13)14)51-31-37-18-16-15-17-36(37)30-50(51)52(56(47)57)38-25-40(58(3,4)5)32-41(26-38)59(6,7)8/h15-34H,1-14H3. The van der Waals surface area contributed by atoms with E-state index in [0.717, 1.165) is 0 Å². The van der Waals surface area contributed by atoms with Crippen LogP contribution >= 0.6 is 0 Å². The lowest BCUT2D eigenvalue weighted by Gasteiger charge is -2.29. The van der Waals surface area contributed by atoms with Crippen LogP contribution in [0, 0.1) is 0 Å². The zero-order valence-corrected chi connectivity index (χ0v) is 39.0. The minimum absolute atomic E-state index is 0.0233. The molecule has 0 unspecified atom stereocenters. The van der Waals surface area contributed by atoms with Gasteiger partial charge in [0.25, 0.3) is 0 Å². The summed E-state index contributed by atoms with van der Waals surface area (Å²) in [6, 6.07) is 46.1. The number of hydrogen-bond acceptors (Lipinski definition) is 0. The second-order valence-corrected chi connectivity index (χ2v) is 22.9. The van der Waals surface area contributed by atoms with Gasteiger partial charge in [0.2, 0.25) is 0 Å². The molecule has 0 aliphatic heterocycles. The van der Waals surface area contributed by atoms with Crippen LogP contribution in [0.4, 0.5) is 0 Å². The normalized spacial score (nSPS) is 13.6. The molecule has 8 aromatic rings. The molecular weight excluding hydrogens is 733 g/mol. The summed E-state index contributed by atoms with van der Waals surface area (Å²) in [6.07, 6.45) is 0. The van der Waals surface area contributed by atoms with Crippen molar-refractivity contribution in [2.45, 2.75) is 125 Å². The highest BCUT2D eigenvalue weighted by molar-refractivity contribution is 6.32. The molecule has 0 amide bonds. The first-order valence-electron chi connectivity index (χ1n) is 22.7. The maximum atomic E-state index is 2.53. The maximum absolute atomic E-state index is 2.53. The molecule has 0 radical (unpaired) electrons. The Morgan fingerprint density at radius 2 is 0.689 bits per heavy atom. The van der Waals surface area contributed by atoms with E-state index < -0.39 is 0 Å². The molecule has 0 heteroatoms. The van der Waals surface area contributed by atoms with Crippen LogP contribution in [-0.4, -0.2) is 0 Å². The molecule has 0 N–H and O–H groups in total. The minimum atomic E-state index is -0.0233. The highest BCUT2D eigenvalue weighted by atomic mass is 14.4. The van der Waals surface area contributed by atoms with Crippen LogP contribution in [0.2, 0.25) is 0 Å². The average molecular weight is 795 g/mol. The van der Waals surface area contributed by atoms with Crippen molar-refractivity contribution in [3.8, 4) is 66.8 Å². The highest BCUT2D eigenvalue weighted by Gasteiger charge is 2.36. The Kier molecular flexibility index (Phi) is 8.47. The van der Waals surface area contributed by atoms with Crippen molar-refractivity contribution in [2.75, 3.05) is 0 Å². The van der Waals surface area contributed by atoms with Gasteiger partial charge in [0.05, 0.1) is 0 Å². The summed E-state index contributed by atoms with van der Waals surface area (Å²) >= 11 is 0. The van der Waals surface area contributed by atoms with Crippen LogP contribution in [0.5, 0.6) is 0 Å². The molecule has 0 saturated heterocycles. The monoisotopic (exact) mass is 794 g/mol. The van der Waals surface area contributed by atoms with Crippen LogP contribution in [0.25, 0.3) is 99.1 Å². The number of hydrogen-bond donors (Lipinski definition) is 0. The molecule has 0 atom stereocenters. The van der Waals surface area contributed by atoms with Gasteiger partial charge in [-0.3, -0.25) is 0 Å². The van der Waals surface area contributed by atoms with Crippen LogP contribution in [0.15, 0.2) is 115 Å². The van der Waals surface area contributed by atoms with Crippen molar-refractivity contribution in [2.24, 2.45) is 0 Å². The second kappa shape index (κ2) is 13.0. The van der Waals surface area contributed by atoms with Gasteiger partial charge in [-0.05, 0) is 167 Å². The molecule has 0 spiro atoms. The topological polar surface area (TPSA) is 0 Å². The first-order valence-corrected chi connectivity index (χ1v) is 22.7. The predicted octanol–water partition coefficient (Wildman–Crippen LogP) is 18.1. The third-order valence-corrected chi connectivity index (χ3v) is 14.1. The molecule has 2 aliphatic rings. The lowest BCUT2D eigenvalue weighted by molar-refractivity contribution is 0.568. The van der Waals surface area contributed by atoms with E-state index in [1.165, 1.54) is 127 Å². The van der Waals surface area contributed by atoms with E-state index >= 15 is 0 Å². The fourth-order valence-electron chi connectivity index (χ4n) is 10.3. The fourth-order valence-corrected chi connectivity index (χ4v) is 10.3. The van der Waals surface area contributed by atoms with E-state index in [1.54, 1.807) is 0 Å². The molecule has 0 nitrogen and oxygen atoms in total. The summed E-state index contributed by atoms with van der Waals surface area (Å²) in [6.45, 7) is 33.0. The largest absolute Gasteiger partial charge is 0.0616 e. The quantitative estimate of drug-likeness (QED) is 0.156. The van der Waals surface area contributed by atoms with Crippen LogP contribution in [0.1, 0.15) is 131 Å². The Morgan fingerprint density at radius 3 is 1.08 bits per heavy atom. The molecule has 61 heavy (non-hydrogen) atoms. The lowest BCUT2D eigenvalue weighted by Crippen LogP contribution is -2.17. The van der Waals surface area contributed by atoms with Gasteiger partial charge in [0, 0.05) is 0 Å². The van der Waals surface area contributed by atoms with Crippen LogP contribution in [-0.2, 0) is 21.7 Å². The van der Waals surface area contributed by atoms with E-state index in [0.29, 0.717) is 5.92 Å². The molecule has 10 rings (SSSR count). The fraction of sp³-hybridized carbons (Fsp3) is 0.311. The Labute approximate surface area is 365 Å². The second-order valence-electron chi connectivity index (χ2n) is 22.9. The maximum Gasteiger partial charge on any atom is -0.000740 e. The van der Waals surface area contributed by atoms with Gasteiger partial charge in [-0.2, -0.15) is 0 Å². The summed E-state index contributed by atoms with van der Waals surface area (Å²) in [5.74, 6) is 0.469. The summed E-state index contributed by atoms with van der Waals surface area (Å²) in [4.78, 5) is 0. The first kappa shape index (κ1) is 39.7. The van der Waals surface area contributed by atoms with E-state index in [1.807, 2.05) is 0 Å². The number of benzene rings is 8. The molecule has 306 valence electrons. The molecule has 0 fully saturated rings. The summed E-state index contributed by atoms with van der Waals surface area (Å²) < 4.78 is 0. The van der Waals surface area contributed by atoms with Crippen molar-refractivity contribution >= 4 is 32.3 Å². The molecular formula is C61H62. The Morgan fingerprint density at radius 1 is 0.328 bits per heavy atom. The Balaban J connectivity index is 1.44. The van der Waals surface area contributed by atoms with E-state index in [9.17, 15) is 0 Å². The van der Waals surface area contributed by atoms with Gasteiger partial charge in [0.15, 0.2) is 0 Å². The van der Waals surface area contributed by atoms with E-state index in [2.05, 4.69) is 212 Å². The Bertz CT molecular complexity index is 2960. The van der Waals surface area contributed by atoms with Gasteiger partial charge in [0.1, 0.15) is 0 Å². The molecule has 0 heterocycles. The molecule has 2 aliphatic carbocycles. The van der Waals surface area contributed by atoms with Crippen LogP contribution in [0.3, 0.4) is 0 Å².